The zero-order valence-corrected chi connectivity index (χ0v) is 16.8. The lowest BCUT2D eigenvalue weighted by Crippen LogP contribution is -2.32. The molecule has 3 aromatic rings. The molecule has 3 rings (SSSR count). The van der Waals surface area contributed by atoms with E-state index in [2.05, 4.69) is 4.18 Å². The molecule has 172 valence electrons. The number of rotatable bonds is 4. The SMILES string of the molecule is O=c1cc(-c2ccccc2)oc2cc(OS(=O)(=NS(=O)(=O)C(F)(F)F)C(F)(F)F)ccc12. The fourth-order valence-corrected chi connectivity index (χ4v) is 4.63. The lowest BCUT2D eigenvalue weighted by atomic mass is 10.1. The van der Waals surface area contributed by atoms with Crippen LogP contribution in [0.25, 0.3) is 22.3 Å². The summed E-state index contributed by atoms with van der Waals surface area (Å²) in [5.74, 6) is -1.00. The Bertz CT molecular complexity index is 1450. The predicted molar refractivity (Wildman–Crippen MR) is 100 cm³/mol. The van der Waals surface area contributed by atoms with E-state index in [-0.39, 0.29) is 16.7 Å². The molecule has 7 nitrogen and oxygen atoms in total. The van der Waals surface area contributed by atoms with Crippen molar-refractivity contribution in [3.8, 4) is 17.1 Å². The molecule has 1 unspecified atom stereocenters. The van der Waals surface area contributed by atoms with Crippen molar-refractivity contribution < 1.29 is 47.6 Å². The Morgan fingerprint density at radius 1 is 0.844 bits per heavy atom. The number of hydrogen-bond acceptors (Lipinski definition) is 6. The molecule has 0 radical (unpaired) electrons. The van der Waals surface area contributed by atoms with Gasteiger partial charge in [0.15, 0.2) is 5.43 Å². The smallest absolute Gasteiger partial charge is 0.456 e. The summed E-state index contributed by atoms with van der Waals surface area (Å²) in [6, 6.07) is 11.3. The lowest BCUT2D eigenvalue weighted by molar-refractivity contribution is -0.0470. The molecule has 0 aliphatic carbocycles. The van der Waals surface area contributed by atoms with Crippen LogP contribution in [-0.2, 0) is 20.0 Å². The summed E-state index contributed by atoms with van der Waals surface area (Å²) in [6.45, 7) is 0. The Labute approximate surface area is 175 Å². The maximum absolute atomic E-state index is 13.2. The number of hydrogen-bond donors (Lipinski definition) is 0. The van der Waals surface area contributed by atoms with Crippen LogP contribution in [0.1, 0.15) is 0 Å². The zero-order chi connectivity index (χ0) is 23.9. The molecule has 0 fully saturated rings. The van der Waals surface area contributed by atoms with Gasteiger partial charge in [0.1, 0.15) is 17.1 Å². The molecule has 0 saturated carbocycles. The first-order valence-corrected chi connectivity index (χ1v) is 11.0. The minimum absolute atomic E-state index is 0.00106. The Kier molecular flexibility index (Phi) is 5.76. The van der Waals surface area contributed by atoms with E-state index in [1.807, 2.05) is 0 Å². The molecular formula is C17H9F6NO6S2. The molecule has 0 aliphatic rings. The molecule has 15 heteroatoms. The highest BCUT2D eigenvalue weighted by molar-refractivity contribution is 8.01. The van der Waals surface area contributed by atoms with Crippen LogP contribution in [0.15, 0.2) is 67.6 Å². The van der Waals surface area contributed by atoms with Gasteiger partial charge >= 0.3 is 31.0 Å². The summed E-state index contributed by atoms with van der Waals surface area (Å²) < 4.78 is 122. The van der Waals surface area contributed by atoms with Crippen molar-refractivity contribution in [2.45, 2.75) is 11.0 Å². The van der Waals surface area contributed by atoms with E-state index in [4.69, 9.17) is 4.42 Å². The van der Waals surface area contributed by atoms with Gasteiger partial charge in [-0.1, -0.05) is 34.1 Å². The number of alkyl halides is 6. The third-order valence-electron chi connectivity index (χ3n) is 3.75. The lowest BCUT2D eigenvalue weighted by Gasteiger charge is -2.15. The summed E-state index contributed by atoms with van der Waals surface area (Å²) in [5, 5.41) is -0.143. The van der Waals surface area contributed by atoms with Gasteiger partial charge in [0.05, 0.1) is 5.39 Å². The number of sulfonamides is 1. The van der Waals surface area contributed by atoms with Crippen molar-refractivity contribution in [3.05, 3.63) is 64.8 Å². The van der Waals surface area contributed by atoms with Crippen LogP contribution in [0, 0.1) is 0 Å². The highest BCUT2D eigenvalue weighted by atomic mass is 32.3. The average Bonchev–Trinajstić information content (AvgIpc) is 2.66. The van der Waals surface area contributed by atoms with Gasteiger partial charge in [0, 0.05) is 17.7 Å². The van der Waals surface area contributed by atoms with Crippen molar-refractivity contribution in [2.24, 2.45) is 3.77 Å². The molecule has 0 amide bonds. The molecule has 32 heavy (non-hydrogen) atoms. The van der Waals surface area contributed by atoms with Crippen LogP contribution >= 0.6 is 0 Å². The fourth-order valence-electron chi connectivity index (χ4n) is 2.34. The van der Waals surface area contributed by atoms with Crippen molar-refractivity contribution in [3.63, 3.8) is 0 Å². The van der Waals surface area contributed by atoms with Crippen molar-refractivity contribution in [1.29, 1.82) is 0 Å². The van der Waals surface area contributed by atoms with Gasteiger partial charge in [-0.15, -0.1) is 0 Å². The molecule has 2 aromatic carbocycles. The zero-order valence-electron chi connectivity index (χ0n) is 15.2. The summed E-state index contributed by atoms with van der Waals surface area (Å²) >= 11 is 0. The van der Waals surface area contributed by atoms with Crippen LogP contribution in [0.3, 0.4) is 0 Å². The topological polar surface area (TPSA) is 103 Å². The van der Waals surface area contributed by atoms with Gasteiger partial charge in [-0.2, -0.15) is 39.0 Å². The van der Waals surface area contributed by atoms with E-state index >= 15 is 0 Å². The van der Waals surface area contributed by atoms with E-state index in [1.54, 1.807) is 30.3 Å². The standard InChI is InChI=1S/C17H9F6NO6S2/c18-16(19,20)31(26,27)24-32(28,17(21,22)23)30-11-6-7-12-13(25)9-14(29-15(12)8-11)10-4-2-1-3-5-10/h1-9H. The maximum Gasteiger partial charge on any atom is 0.519 e. The molecule has 0 N–H and O–H groups in total. The maximum atomic E-state index is 13.2. The molecule has 1 heterocycles. The van der Waals surface area contributed by atoms with Crippen molar-refractivity contribution in [2.75, 3.05) is 0 Å². The van der Waals surface area contributed by atoms with Crippen LogP contribution in [0.5, 0.6) is 5.75 Å². The third-order valence-corrected chi connectivity index (χ3v) is 6.91. The number of halogens is 6. The van der Waals surface area contributed by atoms with Gasteiger partial charge in [0.25, 0.3) is 0 Å². The Morgan fingerprint density at radius 2 is 1.47 bits per heavy atom. The second-order valence-corrected chi connectivity index (χ2v) is 9.59. The summed E-state index contributed by atoms with van der Waals surface area (Å²) in [5.41, 5.74) is -12.9. The Morgan fingerprint density at radius 3 is 2.03 bits per heavy atom. The molecule has 1 aromatic heterocycles. The van der Waals surface area contributed by atoms with Crippen LogP contribution in [0.4, 0.5) is 26.3 Å². The highest BCUT2D eigenvalue weighted by Gasteiger charge is 2.53. The first kappa shape index (κ1) is 23.6. The second kappa shape index (κ2) is 7.81. The van der Waals surface area contributed by atoms with E-state index in [0.29, 0.717) is 17.7 Å². The summed E-state index contributed by atoms with van der Waals surface area (Å²) in [7, 11) is -13.3. The largest absolute Gasteiger partial charge is 0.519 e. The Hall–Kier alpha value is -3.07. The van der Waals surface area contributed by atoms with Crippen LogP contribution in [-0.4, -0.2) is 23.6 Å². The van der Waals surface area contributed by atoms with E-state index in [0.717, 1.165) is 12.1 Å². The highest BCUT2D eigenvalue weighted by Crippen LogP contribution is 2.34. The first-order valence-electron chi connectivity index (χ1n) is 8.12. The van der Waals surface area contributed by atoms with Crippen LogP contribution in [0.2, 0.25) is 0 Å². The van der Waals surface area contributed by atoms with E-state index < -0.39 is 42.2 Å². The average molecular weight is 501 g/mol. The second-order valence-electron chi connectivity index (χ2n) is 6.00. The first-order chi connectivity index (χ1) is 14.6. The summed E-state index contributed by atoms with van der Waals surface area (Å²) in [4.78, 5) is 12.3. The molecular weight excluding hydrogens is 492 g/mol. The van der Waals surface area contributed by atoms with Crippen molar-refractivity contribution in [1.82, 2.24) is 0 Å². The monoisotopic (exact) mass is 501 g/mol. The van der Waals surface area contributed by atoms with Gasteiger partial charge in [-0.05, 0) is 12.1 Å². The van der Waals surface area contributed by atoms with E-state index in [9.17, 15) is 43.8 Å². The fraction of sp³-hybridized carbons (Fsp3) is 0.118. The summed E-state index contributed by atoms with van der Waals surface area (Å²) in [6.07, 6.45) is 0. The van der Waals surface area contributed by atoms with Crippen LogP contribution < -0.4 is 9.61 Å². The minimum Gasteiger partial charge on any atom is -0.456 e. The van der Waals surface area contributed by atoms with Gasteiger partial charge in [-0.25, -0.2) is 0 Å². The van der Waals surface area contributed by atoms with E-state index in [1.165, 1.54) is 3.77 Å². The van der Waals surface area contributed by atoms with Gasteiger partial charge in [0.2, 0.25) is 0 Å². The van der Waals surface area contributed by atoms with Gasteiger partial charge < -0.3 is 8.60 Å². The van der Waals surface area contributed by atoms with Crippen molar-refractivity contribution >= 4 is 31.0 Å². The quantitative estimate of drug-likeness (QED) is 0.485. The predicted octanol–water partition coefficient (Wildman–Crippen LogP) is 4.59. The Balaban J connectivity index is 2.16. The number of nitrogens with zero attached hydrogens (tertiary/aromatic N) is 1. The molecule has 0 saturated heterocycles. The minimum atomic E-state index is -6.82. The van der Waals surface area contributed by atoms with Gasteiger partial charge in [-0.3, -0.25) is 4.79 Å². The normalized spacial score (nSPS) is 14.7. The number of fused-ring (bicyclic) bond motifs is 1. The molecule has 0 spiro atoms. The molecule has 0 bridgehead atoms. The third kappa shape index (κ3) is 4.57. The molecule has 1 atom stereocenters. The number of benzene rings is 2. The molecule has 0 aliphatic heterocycles.